The molecule has 0 bridgehead atoms. The lowest BCUT2D eigenvalue weighted by Gasteiger charge is -2.22. The fraction of sp³-hybridized carbons (Fsp3) is 0.529. The summed E-state index contributed by atoms with van der Waals surface area (Å²) in [6.45, 7) is 4.35. The number of nitrogens with one attached hydrogen (secondary N) is 1. The monoisotopic (exact) mass is 321 g/mol. The molecule has 0 radical (unpaired) electrons. The van der Waals surface area contributed by atoms with Crippen molar-refractivity contribution >= 4 is 15.9 Å². The normalized spacial score (nSPS) is 17.8. The molecule has 1 aliphatic rings. The van der Waals surface area contributed by atoms with Crippen LogP contribution in [0.25, 0.3) is 0 Å². The van der Waals surface area contributed by atoms with Gasteiger partial charge in [-0.2, -0.15) is 0 Å². The summed E-state index contributed by atoms with van der Waals surface area (Å²) < 4.78 is 1.24. The Morgan fingerprint density at radius 2 is 1.79 bits per heavy atom. The van der Waals surface area contributed by atoms with E-state index < -0.39 is 0 Å². The van der Waals surface area contributed by atoms with Crippen LogP contribution in [0.4, 0.5) is 0 Å². The zero-order valence-electron chi connectivity index (χ0n) is 12.2. The summed E-state index contributed by atoms with van der Waals surface area (Å²) in [6, 6.07) is 5.00. The highest BCUT2D eigenvalue weighted by molar-refractivity contribution is 9.10. The Morgan fingerprint density at radius 3 is 2.42 bits per heavy atom. The number of hydrogen-bond acceptors (Lipinski definition) is 1. The highest BCUT2D eigenvalue weighted by atomic mass is 79.9. The van der Waals surface area contributed by atoms with Gasteiger partial charge in [-0.15, -0.1) is 0 Å². The first-order chi connectivity index (χ1) is 9.13. The smallest absolute Gasteiger partial charge is 0.0533 e. The molecule has 1 aliphatic carbocycles. The van der Waals surface area contributed by atoms with Crippen LogP contribution in [0.2, 0.25) is 0 Å². The number of halogens is 1. The molecular weight excluding hydrogens is 298 g/mol. The fourth-order valence-electron chi connectivity index (χ4n) is 3.01. The van der Waals surface area contributed by atoms with Crippen LogP contribution in [-0.2, 0) is 0 Å². The lowest BCUT2D eigenvalue weighted by Crippen LogP contribution is -2.19. The molecule has 0 aromatic heterocycles. The van der Waals surface area contributed by atoms with Crippen LogP contribution in [0.3, 0.4) is 0 Å². The van der Waals surface area contributed by atoms with Crippen molar-refractivity contribution < 1.29 is 0 Å². The lowest BCUT2D eigenvalue weighted by atomic mass is 9.93. The van der Waals surface area contributed by atoms with Crippen LogP contribution in [0.1, 0.15) is 54.8 Å². The summed E-state index contributed by atoms with van der Waals surface area (Å²) in [6.07, 6.45) is 8.98. The topological polar surface area (TPSA) is 12.0 Å². The molecule has 0 saturated heterocycles. The molecule has 1 atom stereocenters. The predicted octanol–water partition coefficient (Wildman–Crippen LogP) is 5.22. The van der Waals surface area contributed by atoms with E-state index in [1.165, 1.54) is 53.3 Å². The molecule has 2 heteroatoms. The van der Waals surface area contributed by atoms with Crippen molar-refractivity contribution in [3.63, 3.8) is 0 Å². The molecule has 19 heavy (non-hydrogen) atoms. The molecule has 2 rings (SSSR count). The second kappa shape index (κ2) is 6.71. The molecule has 0 aliphatic heterocycles. The van der Waals surface area contributed by atoms with Crippen molar-refractivity contribution in [1.82, 2.24) is 5.32 Å². The predicted molar refractivity (Wildman–Crippen MR) is 86.6 cm³/mol. The third-order valence-corrected chi connectivity index (χ3v) is 5.28. The number of hydrogen-bond donors (Lipinski definition) is 1. The van der Waals surface area contributed by atoms with Gasteiger partial charge < -0.3 is 5.32 Å². The van der Waals surface area contributed by atoms with Crippen molar-refractivity contribution in [3.8, 4) is 0 Å². The van der Waals surface area contributed by atoms with Crippen LogP contribution in [0.15, 0.2) is 28.3 Å². The summed E-state index contributed by atoms with van der Waals surface area (Å²) in [4.78, 5) is 0. The van der Waals surface area contributed by atoms with E-state index >= 15 is 0 Å². The quantitative estimate of drug-likeness (QED) is 0.753. The van der Waals surface area contributed by atoms with Crippen LogP contribution in [-0.4, -0.2) is 7.05 Å². The van der Waals surface area contributed by atoms with E-state index in [1.807, 2.05) is 0 Å². The molecular formula is C17H24BrN. The van der Waals surface area contributed by atoms with Crippen LogP contribution < -0.4 is 5.32 Å². The molecule has 0 fully saturated rings. The maximum Gasteiger partial charge on any atom is 0.0533 e. The van der Waals surface area contributed by atoms with Gasteiger partial charge in [0, 0.05) is 4.47 Å². The fourth-order valence-corrected chi connectivity index (χ4v) is 3.24. The maximum atomic E-state index is 3.66. The third-order valence-electron chi connectivity index (χ3n) is 4.03. The lowest BCUT2D eigenvalue weighted by molar-refractivity contribution is 0.628. The van der Waals surface area contributed by atoms with Gasteiger partial charge in [-0.05, 0) is 63.3 Å². The van der Waals surface area contributed by atoms with E-state index in [0.29, 0.717) is 6.04 Å². The van der Waals surface area contributed by atoms with E-state index in [1.54, 1.807) is 5.57 Å². The zero-order chi connectivity index (χ0) is 13.8. The van der Waals surface area contributed by atoms with Crippen molar-refractivity contribution in [3.05, 3.63) is 44.9 Å². The van der Waals surface area contributed by atoms with E-state index in [9.17, 15) is 0 Å². The summed E-state index contributed by atoms with van der Waals surface area (Å²) >= 11 is 3.66. The molecule has 1 N–H and O–H groups in total. The molecule has 0 heterocycles. The average molecular weight is 322 g/mol. The number of rotatable bonds is 3. The Bertz CT molecular complexity index is 453. The minimum absolute atomic E-state index is 0.378. The first-order valence-electron chi connectivity index (χ1n) is 7.26. The van der Waals surface area contributed by atoms with Gasteiger partial charge in [0.15, 0.2) is 0 Å². The molecule has 0 amide bonds. The summed E-state index contributed by atoms with van der Waals surface area (Å²) in [5, 5.41) is 3.51. The largest absolute Gasteiger partial charge is 0.310 e. The van der Waals surface area contributed by atoms with Crippen molar-refractivity contribution in [2.45, 2.75) is 52.0 Å². The molecule has 0 saturated carbocycles. The van der Waals surface area contributed by atoms with E-state index in [0.717, 1.165) is 0 Å². The first kappa shape index (κ1) is 14.8. The first-order valence-corrected chi connectivity index (χ1v) is 8.05. The number of benzene rings is 1. The average Bonchev–Trinajstić information content (AvgIpc) is 2.66. The molecule has 1 nitrogen and oxygen atoms in total. The minimum atomic E-state index is 0.378. The Balaban J connectivity index is 2.33. The Labute approximate surface area is 125 Å². The van der Waals surface area contributed by atoms with Gasteiger partial charge in [0.25, 0.3) is 0 Å². The molecule has 0 spiro atoms. The van der Waals surface area contributed by atoms with Gasteiger partial charge in [-0.1, -0.05) is 46.1 Å². The van der Waals surface area contributed by atoms with Crippen molar-refractivity contribution in [2.24, 2.45) is 0 Å². The number of allylic oxidation sites excluding steroid dienone is 1. The second-order valence-corrected chi connectivity index (χ2v) is 6.36. The van der Waals surface area contributed by atoms with E-state index in [4.69, 9.17) is 0 Å². The van der Waals surface area contributed by atoms with Gasteiger partial charge in [-0.25, -0.2) is 0 Å². The Morgan fingerprint density at radius 1 is 1.11 bits per heavy atom. The van der Waals surface area contributed by atoms with Crippen LogP contribution >= 0.6 is 15.9 Å². The van der Waals surface area contributed by atoms with E-state index in [2.05, 4.69) is 60.4 Å². The molecule has 104 valence electrons. The van der Waals surface area contributed by atoms with E-state index in [-0.39, 0.29) is 0 Å². The summed E-state index contributed by atoms with van der Waals surface area (Å²) in [7, 11) is 2.07. The SMILES string of the molecule is CNC(C1=CCCCCC1)c1cc(C)c(Br)c(C)c1. The second-order valence-electron chi connectivity index (χ2n) is 5.57. The van der Waals surface area contributed by atoms with Crippen molar-refractivity contribution in [1.29, 1.82) is 0 Å². The Hall–Kier alpha value is -0.600. The van der Waals surface area contributed by atoms with Crippen LogP contribution in [0.5, 0.6) is 0 Å². The van der Waals surface area contributed by atoms with Gasteiger partial charge >= 0.3 is 0 Å². The van der Waals surface area contributed by atoms with Crippen molar-refractivity contribution in [2.75, 3.05) is 7.05 Å². The van der Waals surface area contributed by atoms with Gasteiger partial charge in [-0.3, -0.25) is 0 Å². The molecule has 1 unspecified atom stereocenters. The third kappa shape index (κ3) is 3.49. The maximum absolute atomic E-state index is 3.66. The summed E-state index contributed by atoms with van der Waals surface area (Å²) in [5.74, 6) is 0. The molecule has 1 aromatic rings. The molecule has 1 aromatic carbocycles. The van der Waals surface area contributed by atoms with Gasteiger partial charge in [0.2, 0.25) is 0 Å². The Kier molecular flexibility index (Phi) is 5.23. The van der Waals surface area contributed by atoms with Gasteiger partial charge in [0.05, 0.1) is 6.04 Å². The van der Waals surface area contributed by atoms with Crippen LogP contribution in [0, 0.1) is 13.8 Å². The zero-order valence-corrected chi connectivity index (χ0v) is 13.8. The van der Waals surface area contributed by atoms with Gasteiger partial charge in [0.1, 0.15) is 0 Å². The number of likely N-dealkylation sites (N-methyl/N-ethyl adjacent to an activating group) is 1. The minimum Gasteiger partial charge on any atom is -0.310 e. The highest BCUT2D eigenvalue weighted by Crippen LogP contribution is 2.32. The number of aryl methyl sites for hydroxylation is 2. The standard InChI is InChI=1S/C17H24BrN/c1-12-10-15(11-13(2)16(12)18)17(19-3)14-8-6-4-5-7-9-14/h8,10-11,17,19H,4-7,9H2,1-3H3. The summed E-state index contributed by atoms with van der Waals surface area (Å²) in [5.41, 5.74) is 5.61. The highest BCUT2D eigenvalue weighted by Gasteiger charge is 2.17.